The Morgan fingerprint density at radius 3 is 2.30 bits per heavy atom. The van der Waals surface area contributed by atoms with Gasteiger partial charge in [0.2, 0.25) is 5.91 Å². The molecule has 0 aromatic heterocycles. The number of methoxy groups -OCH3 is 1. The van der Waals surface area contributed by atoms with Crippen molar-refractivity contribution in [3.8, 4) is 5.75 Å². The monoisotopic (exact) mass is 317 g/mol. The van der Waals surface area contributed by atoms with Crippen LogP contribution in [-0.2, 0) is 4.79 Å². The predicted octanol–water partition coefficient (Wildman–Crippen LogP) is 3.60. The van der Waals surface area contributed by atoms with Crippen LogP contribution in [0.3, 0.4) is 0 Å². The van der Waals surface area contributed by atoms with E-state index in [1.54, 1.807) is 31.4 Å². The Labute approximate surface area is 138 Å². The van der Waals surface area contributed by atoms with Crippen molar-refractivity contribution in [2.75, 3.05) is 13.7 Å². The zero-order valence-electron chi connectivity index (χ0n) is 14.4. The normalized spacial score (nSPS) is 16.0. The number of benzene rings is 1. The molecule has 1 aromatic carbocycles. The highest BCUT2D eigenvalue weighted by molar-refractivity contribution is 5.99. The van der Waals surface area contributed by atoms with Crippen LogP contribution in [0.2, 0.25) is 0 Å². The quantitative estimate of drug-likeness (QED) is 0.816. The minimum atomic E-state index is -0.416. The van der Waals surface area contributed by atoms with Crippen molar-refractivity contribution in [3.05, 3.63) is 29.8 Å². The molecule has 0 bridgehead atoms. The fourth-order valence-electron chi connectivity index (χ4n) is 3.28. The average Bonchev–Trinajstić information content (AvgIpc) is 2.60. The summed E-state index contributed by atoms with van der Waals surface area (Å²) in [5.41, 5.74) is 0.169. The molecule has 1 aliphatic rings. The molecule has 126 valence electrons. The Hall–Kier alpha value is -1.84. The zero-order chi connectivity index (χ0) is 16.9. The summed E-state index contributed by atoms with van der Waals surface area (Å²) < 4.78 is 5.08. The van der Waals surface area contributed by atoms with Crippen molar-refractivity contribution >= 4 is 11.7 Å². The van der Waals surface area contributed by atoms with Crippen molar-refractivity contribution < 1.29 is 14.3 Å². The summed E-state index contributed by atoms with van der Waals surface area (Å²) >= 11 is 0. The summed E-state index contributed by atoms with van der Waals surface area (Å²) in [6.45, 7) is 4.04. The summed E-state index contributed by atoms with van der Waals surface area (Å²) in [5.74, 6) is 1.02. The van der Waals surface area contributed by atoms with E-state index in [0.717, 1.165) is 12.8 Å². The summed E-state index contributed by atoms with van der Waals surface area (Å²) in [6.07, 6.45) is 5.88. The van der Waals surface area contributed by atoms with Crippen LogP contribution in [0.5, 0.6) is 5.75 Å². The van der Waals surface area contributed by atoms with Gasteiger partial charge in [0.1, 0.15) is 5.75 Å². The standard InChI is InChI=1S/C19H27NO3/c1-19(2,15-7-5-4-6-8-15)18(22)20-13-17(21)14-9-11-16(23-3)12-10-14/h9-12,15H,4-8,13H2,1-3H3,(H,20,22). The summed E-state index contributed by atoms with van der Waals surface area (Å²) in [6, 6.07) is 6.95. The highest BCUT2D eigenvalue weighted by Crippen LogP contribution is 2.38. The van der Waals surface area contributed by atoms with Gasteiger partial charge in [0.15, 0.2) is 5.78 Å². The summed E-state index contributed by atoms with van der Waals surface area (Å²) in [4.78, 5) is 24.7. The Morgan fingerprint density at radius 1 is 1.13 bits per heavy atom. The summed E-state index contributed by atoms with van der Waals surface area (Å²) in [7, 11) is 1.59. The molecule has 1 saturated carbocycles. The first kappa shape index (κ1) is 17.5. The largest absolute Gasteiger partial charge is 0.497 e. The van der Waals surface area contributed by atoms with Gasteiger partial charge in [-0.05, 0) is 43.0 Å². The van der Waals surface area contributed by atoms with Gasteiger partial charge in [0, 0.05) is 11.0 Å². The molecular weight excluding hydrogens is 290 g/mol. The van der Waals surface area contributed by atoms with Crippen LogP contribution in [0.25, 0.3) is 0 Å². The molecular formula is C19H27NO3. The van der Waals surface area contributed by atoms with E-state index < -0.39 is 5.41 Å². The number of amides is 1. The third-order valence-electron chi connectivity index (χ3n) is 5.03. The number of ketones is 1. The number of Topliss-reactive ketones (excluding diaryl/α,β-unsaturated/α-hetero) is 1. The van der Waals surface area contributed by atoms with Crippen molar-refractivity contribution in [2.45, 2.75) is 46.0 Å². The molecule has 4 nitrogen and oxygen atoms in total. The minimum Gasteiger partial charge on any atom is -0.497 e. The number of ether oxygens (including phenoxy) is 1. The minimum absolute atomic E-state index is 0.0220. The maximum absolute atomic E-state index is 12.5. The molecule has 0 radical (unpaired) electrons. The van der Waals surface area contributed by atoms with E-state index in [1.165, 1.54) is 19.3 Å². The Balaban J connectivity index is 1.90. The Kier molecular flexibility index (Phi) is 5.80. The lowest BCUT2D eigenvalue weighted by molar-refractivity contribution is -0.132. The van der Waals surface area contributed by atoms with Gasteiger partial charge in [0.25, 0.3) is 0 Å². The second-order valence-electron chi connectivity index (χ2n) is 6.89. The molecule has 0 aliphatic heterocycles. The third kappa shape index (κ3) is 4.34. The lowest BCUT2D eigenvalue weighted by atomic mass is 9.70. The van der Waals surface area contributed by atoms with Crippen LogP contribution in [0.1, 0.15) is 56.3 Å². The number of hydrogen-bond acceptors (Lipinski definition) is 3. The van der Waals surface area contributed by atoms with Gasteiger partial charge >= 0.3 is 0 Å². The molecule has 1 fully saturated rings. The van der Waals surface area contributed by atoms with Gasteiger partial charge in [-0.15, -0.1) is 0 Å². The van der Waals surface area contributed by atoms with E-state index in [4.69, 9.17) is 4.74 Å². The van der Waals surface area contributed by atoms with Crippen LogP contribution < -0.4 is 10.1 Å². The number of carbonyl (C=O) groups excluding carboxylic acids is 2. The Bertz CT molecular complexity index is 542. The van der Waals surface area contributed by atoms with Crippen LogP contribution in [0.4, 0.5) is 0 Å². The van der Waals surface area contributed by atoms with Crippen LogP contribution >= 0.6 is 0 Å². The molecule has 2 rings (SSSR count). The average molecular weight is 317 g/mol. The van der Waals surface area contributed by atoms with E-state index in [-0.39, 0.29) is 18.2 Å². The van der Waals surface area contributed by atoms with Crippen molar-refractivity contribution in [1.29, 1.82) is 0 Å². The lowest BCUT2D eigenvalue weighted by Gasteiger charge is -2.35. The van der Waals surface area contributed by atoms with E-state index in [9.17, 15) is 9.59 Å². The molecule has 0 atom stereocenters. The lowest BCUT2D eigenvalue weighted by Crippen LogP contribution is -2.44. The maximum atomic E-state index is 12.5. The SMILES string of the molecule is COc1ccc(C(=O)CNC(=O)C(C)(C)C2CCCCC2)cc1. The van der Waals surface area contributed by atoms with E-state index in [2.05, 4.69) is 5.32 Å². The second kappa shape index (κ2) is 7.62. The van der Waals surface area contributed by atoms with Crippen molar-refractivity contribution in [1.82, 2.24) is 5.32 Å². The fraction of sp³-hybridized carbons (Fsp3) is 0.579. The number of rotatable bonds is 6. The van der Waals surface area contributed by atoms with Gasteiger partial charge in [-0.3, -0.25) is 9.59 Å². The molecule has 23 heavy (non-hydrogen) atoms. The van der Waals surface area contributed by atoms with Gasteiger partial charge in [-0.2, -0.15) is 0 Å². The second-order valence-corrected chi connectivity index (χ2v) is 6.89. The molecule has 1 aliphatic carbocycles. The van der Waals surface area contributed by atoms with Crippen LogP contribution in [0.15, 0.2) is 24.3 Å². The zero-order valence-corrected chi connectivity index (χ0v) is 14.4. The van der Waals surface area contributed by atoms with Gasteiger partial charge in [-0.1, -0.05) is 33.1 Å². The van der Waals surface area contributed by atoms with Crippen molar-refractivity contribution in [2.24, 2.45) is 11.3 Å². The van der Waals surface area contributed by atoms with Gasteiger partial charge in [-0.25, -0.2) is 0 Å². The van der Waals surface area contributed by atoms with E-state index >= 15 is 0 Å². The smallest absolute Gasteiger partial charge is 0.226 e. The van der Waals surface area contributed by atoms with E-state index in [0.29, 0.717) is 17.2 Å². The number of carbonyl (C=O) groups is 2. The number of nitrogens with one attached hydrogen (secondary N) is 1. The molecule has 4 heteroatoms. The topological polar surface area (TPSA) is 55.4 Å². The van der Waals surface area contributed by atoms with E-state index in [1.807, 2.05) is 13.8 Å². The first-order chi connectivity index (χ1) is 10.9. The fourth-order valence-corrected chi connectivity index (χ4v) is 3.28. The molecule has 0 spiro atoms. The van der Waals surface area contributed by atoms with Crippen LogP contribution in [-0.4, -0.2) is 25.3 Å². The molecule has 1 N–H and O–H groups in total. The molecule has 1 aromatic rings. The Morgan fingerprint density at radius 2 is 1.74 bits per heavy atom. The van der Waals surface area contributed by atoms with Crippen molar-refractivity contribution in [3.63, 3.8) is 0 Å². The van der Waals surface area contributed by atoms with Gasteiger partial charge in [0.05, 0.1) is 13.7 Å². The number of hydrogen-bond donors (Lipinski definition) is 1. The van der Waals surface area contributed by atoms with Crippen LogP contribution in [0, 0.1) is 11.3 Å². The molecule has 0 heterocycles. The maximum Gasteiger partial charge on any atom is 0.226 e. The first-order valence-corrected chi connectivity index (χ1v) is 8.40. The third-order valence-corrected chi connectivity index (χ3v) is 5.03. The molecule has 1 amide bonds. The molecule has 0 unspecified atom stereocenters. The summed E-state index contributed by atoms with van der Waals surface area (Å²) in [5, 5.41) is 2.83. The first-order valence-electron chi connectivity index (χ1n) is 8.40. The predicted molar refractivity (Wildman–Crippen MR) is 90.7 cm³/mol. The van der Waals surface area contributed by atoms with Gasteiger partial charge < -0.3 is 10.1 Å². The highest BCUT2D eigenvalue weighted by Gasteiger charge is 2.37. The molecule has 0 saturated heterocycles. The highest BCUT2D eigenvalue weighted by atomic mass is 16.5.